The average molecular weight is 327 g/mol. The first-order chi connectivity index (χ1) is 11.6. The van der Waals surface area contributed by atoms with Crippen LogP contribution in [0.4, 0.5) is 0 Å². The van der Waals surface area contributed by atoms with E-state index in [9.17, 15) is 9.59 Å². The van der Waals surface area contributed by atoms with E-state index in [1.807, 2.05) is 30.3 Å². The third-order valence-electron chi connectivity index (χ3n) is 3.32. The molecule has 0 bridgehead atoms. The first kappa shape index (κ1) is 17.5. The molecule has 2 rings (SSSR count). The van der Waals surface area contributed by atoms with E-state index in [0.717, 1.165) is 11.1 Å². The van der Waals surface area contributed by atoms with Crippen LogP contribution in [0, 0.1) is 0 Å². The number of nitrogens with one attached hydrogen (secondary N) is 1. The second kappa shape index (κ2) is 8.67. The molecule has 0 radical (unpaired) electrons. The Hall–Kier alpha value is -2.89. The van der Waals surface area contributed by atoms with Gasteiger partial charge in [0, 0.05) is 31.3 Å². The number of hydrogen-bond acceptors (Lipinski definition) is 4. The molecule has 0 saturated carbocycles. The molecule has 0 spiro atoms. The van der Waals surface area contributed by atoms with Gasteiger partial charge in [0.05, 0.1) is 12.8 Å². The van der Waals surface area contributed by atoms with Crippen molar-refractivity contribution in [2.45, 2.75) is 19.4 Å². The van der Waals surface area contributed by atoms with Gasteiger partial charge in [-0.15, -0.1) is 0 Å². The number of aromatic nitrogens is 2. The van der Waals surface area contributed by atoms with Crippen LogP contribution in [0.3, 0.4) is 0 Å². The molecule has 1 atom stereocenters. The molecule has 1 N–H and O–H groups in total. The summed E-state index contributed by atoms with van der Waals surface area (Å²) in [5.74, 6) is -0.794. The monoisotopic (exact) mass is 327 g/mol. The lowest BCUT2D eigenvalue weighted by Crippen LogP contribution is -2.42. The van der Waals surface area contributed by atoms with Crippen LogP contribution in [-0.4, -0.2) is 34.3 Å². The molecule has 24 heavy (non-hydrogen) atoms. The van der Waals surface area contributed by atoms with Crippen molar-refractivity contribution in [3.8, 4) is 0 Å². The van der Waals surface area contributed by atoms with Gasteiger partial charge in [-0.05, 0) is 18.6 Å². The molecule has 0 aliphatic carbocycles. The SMILES string of the molecule is CCOC(=O)C(Cc1ccccc1)NC(=O)/C=C/c1cnn(C)c1. The number of esters is 1. The Morgan fingerprint density at radius 3 is 2.71 bits per heavy atom. The minimum Gasteiger partial charge on any atom is -0.464 e. The third kappa shape index (κ3) is 5.39. The van der Waals surface area contributed by atoms with Crippen molar-refractivity contribution in [3.63, 3.8) is 0 Å². The molecule has 0 saturated heterocycles. The van der Waals surface area contributed by atoms with Crippen LogP contribution in [0.5, 0.6) is 0 Å². The molecule has 1 unspecified atom stereocenters. The van der Waals surface area contributed by atoms with E-state index in [-0.39, 0.29) is 12.5 Å². The third-order valence-corrected chi connectivity index (χ3v) is 3.32. The van der Waals surface area contributed by atoms with E-state index in [4.69, 9.17) is 4.74 Å². The van der Waals surface area contributed by atoms with Crippen LogP contribution in [0.2, 0.25) is 0 Å². The summed E-state index contributed by atoms with van der Waals surface area (Å²) >= 11 is 0. The fourth-order valence-corrected chi connectivity index (χ4v) is 2.20. The summed E-state index contributed by atoms with van der Waals surface area (Å²) < 4.78 is 6.70. The van der Waals surface area contributed by atoms with Gasteiger partial charge in [0.2, 0.25) is 5.91 Å². The van der Waals surface area contributed by atoms with E-state index >= 15 is 0 Å². The molecule has 6 nitrogen and oxygen atoms in total. The van der Waals surface area contributed by atoms with Gasteiger partial charge in [-0.1, -0.05) is 30.3 Å². The Bertz CT molecular complexity index is 707. The van der Waals surface area contributed by atoms with E-state index in [1.54, 1.807) is 37.1 Å². The van der Waals surface area contributed by atoms with Gasteiger partial charge in [-0.3, -0.25) is 9.48 Å². The van der Waals surface area contributed by atoms with Crippen LogP contribution >= 0.6 is 0 Å². The summed E-state index contributed by atoms with van der Waals surface area (Å²) in [6, 6.07) is 8.77. The van der Waals surface area contributed by atoms with Gasteiger partial charge in [-0.2, -0.15) is 5.10 Å². The Morgan fingerprint density at radius 2 is 2.08 bits per heavy atom. The number of amides is 1. The van der Waals surface area contributed by atoms with Gasteiger partial charge in [-0.25, -0.2) is 4.79 Å². The standard InChI is InChI=1S/C18H21N3O3/c1-3-24-18(23)16(11-14-7-5-4-6-8-14)20-17(22)10-9-15-12-19-21(2)13-15/h4-10,12-13,16H,3,11H2,1-2H3,(H,20,22)/b10-9+. The highest BCUT2D eigenvalue weighted by atomic mass is 16.5. The summed E-state index contributed by atoms with van der Waals surface area (Å²) in [5.41, 5.74) is 1.76. The molecule has 2 aromatic rings. The number of carbonyl (C=O) groups is 2. The van der Waals surface area contributed by atoms with Crippen molar-refractivity contribution in [2.24, 2.45) is 7.05 Å². The lowest BCUT2D eigenvalue weighted by Gasteiger charge is -2.16. The maximum atomic E-state index is 12.1. The van der Waals surface area contributed by atoms with Crippen molar-refractivity contribution in [3.05, 3.63) is 59.9 Å². The van der Waals surface area contributed by atoms with E-state index in [1.165, 1.54) is 6.08 Å². The van der Waals surface area contributed by atoms with Crippen molar-refractivity contribution in [1.82, 2.24) is 15.1 Å². The zero-order valence-corrected chi connectivity index (χ0v) is 13.8. The minimum absolute atomic E-state index is 0.269. The molecular weight excluding hydrogens is 306 g/mol. The van der Waals surface area contributed by atoms with Crippen LogP contribution in [-0.2, 0) is 27.8 Å². The Labute approximate surface area is 141 Å². The molecule has 1 aromatic carbocycles. The van der Waals surface area contributed by atoms with E-state index in [0.29, 0.717) is 6.42 Å². The number of hydrogen-bond donors (Lipinski definition) is 1. The summed E-state index contributed by atoms with van der Waals surface area (Å²) in [6.45, 7) is 2.01. The minimum atomic E-state index is -0.724. The first-order valence-electron chi connectivity index (χ1n) is 7.76. The van der Waals surface area contributed by atoms with Crippen molar-refractivity contribution >= 4 is 18.0 Å². The van der Waals surface area contributed by atoms with Gasteiger partial charge in [0.25, 0.3) is 0 Å². The zero-order valence-electron chi connectivity index (χ0n) is 13.8. The van der Waals surface area contributed by atoms with Crippen LogP contribution in [0.1, 0.15) is 18.1 Å². The fraction of sp³-hybridized carbons (Fsp3) is 0.278. The predicted octanol–water partition coefficient (Wildman–Crippen LogP) is 1.72. The van der Waals surface area contributed by atoms with E-state index in [2.05, 4.69) is 10.4 Å². The summed E-state index contributed by atoms with van der Waals surface area (Å²) in [4.78, 5) is 24.2. The second-order valence-electron chi connectivity index (χ2n) is 5.28. The molecule has 1 amide bonds. The predicted molar refractivity (Wildman–Crippen MR) is 91.0 cm³/mol. The van der Waals surface area contributed by atoms with Gasteiger partial charge < -0.3 is 10.1 Å². The maximum Gasteiger partial charge on any atom is 0.328 e. The van der Waals surface area contributed by atoms with Gasteiger partial charge >= 0.3 is 5.97 Å². The molecular formula is C18H21N3O3. The second-order valence-corrected chi connectivity index (χ2v) is 5.28. The largest absolute Gasteiger partial charge is 0.464 e. The van der Waals surface area contributed by atoms with Crippen LogP contribution in [0.25, 0.3) is 6.08 Å². The zero-order chi connectivity index (χ0) is 17.4. The Morgan fingerprint density at radius 1 is 1.33 bits per heavy atom. The molecule has 6 heteroatoms. The normalized spacial score (nSPS) is 12.1. The van der Waals surface area contributed by atoms with Crippen molar-refractivity contribution < 1.29 is 14.3 Å². The van der Waals surface area contributed by atoms with Crippen LogP contribution in [0.15, 0.2) is 48.8 Å². The number of aryl methyl sites for hydroxylation is 1. The maximum absolute atomic E-state index is 12.1. The fourth-order valence-electron chi connectivity index (χ4n) is 2.20. The lowest BCUT2D eigenvalue weighted by molar-refractivity contribution is -0.146. The Kier molecular flexibility index (Phi) is 6.31. The molecule has 0 aliphatic rings. The quantitative estimate of drug-likeness (QED) is 0.621. The Balaban J connectivity index is 2.02. The highest BCUT2D eigenvalue weighted by Gasteiger charge is 2.21. The first-order valence-corrected chi connectivity index (χ1v) is 7.76. The summed E-state index contributed by atoms with van der Waals surface area (Å²) in [7, 11) is 1.80. The molecule has 126 valence electrons. The average Bonchev–Trinajstić information content (AvgIpc) is 2.99. The topological polar surface area (TPSA) is 73.2 Å². The number of rotatable bonds is 7. The molecule has 0 aliphatic heterocycles. The number of nitrogens with zero attached hydrogens (tertiary/aromatic N) is 2. The smallest absolute Gasteiger partial charge is 0.328 e. The number of ether oxygens (including phenoxy) is 1. The molecule has 1 heterocycles. The highest BCUT2D eigenvalue weighted by molar-refractivity contribution is 5.94. The lowest BCUT2D eigenvalue weighted by atomic mass is 10.1. The van der Waals surface area contributed by atoms with Crippen molar-refractivity contribution in [1.29, 1.82) is 0 Å². The molecule has 0 fully saturated rings. The number of benzene rings is 1. The molecule has 1 aromatic heterocycles. The number of carbonyl (C=O) groups excluding carboxylic acids is 2. The highest BCUT2D eigenvalue weighted by Crippen LogP contribution is 2.05. The van der Waals surface area contributed by atoms with Gasteiger partial charge in [0.1, 0.15) is 6.04 Å². The van der Waals surface area contributed by atoms with Crippen LogP contribution < -0.4 is 5.32 Å². The summed E-state index contributed by atoms with van der Waals surface area (Å²) in [6.07, 6.45) is 6.85. The van der Waals surface area contributed by atoms with Gasteiger partial charge in [0.15, 0.2) is 0 Å². The van der Waals surface area contributed by atoms with E-state index < -0.39 is 12.0 Å². The van der Waals surface area contributed by atoms with Crippen molar-refractivity contribution in [2.75, 3.05) is 6.61 Å². The summed E-state index contributed by atoms with van der Waals surface area (Å²) in [5, 5.41) is 6.72.